The third kappa shape index (κ3) is 6.04. The third-order valence-electron chi connectivity index (χ3n) is 4.10. The van der Waals surface area contributed by atoms with E-state index in [-0.39, 0.29) is 33.7 Å². The van der Waals surface area contributed by atoms with Crippen LogP contribution in [0.3, 0.4) is 0 Å². The van der Waals surface area contributed by atoms with Gasteiger partial charge in [-0.25, -0.2) is 4.39 Å². The SMILES string of the molecule is COc1cc(OC(F)(F)F)ccc1Oc1cc(Cl)cc(F)c1C(=O)Nc1ccnc(C(N)=O)c1. The summed E-state index contributed by atoms with van der Waals surface area (Å²) in [6.45, 7) is 0. The molecule has 0 saturated carbocycles. The minimum atomic E-state index is -4.93. The molecular weight excluding hydrogens is 486 g/mol. The number of carbonyl (C=O) groups is 2. The van der Waals surface area contributed by atoms with E-state index < -0.39 is 35.3 Å². The second-order valence-corrected chi connectivity index (χ2v) is 6.91. The van der Waals surface area contributed by atoms with E-state index in [1.54, 1.807) is 0 Å². The fraction of sp³-hybridized carbons (Fsp3) is 0.0952. The number of rotatable bonds is 7. The molecule has 8 nitrogen and oxygen atoms in total. The molecule has 0 aliphatic rings. The van der Waals surface area contributed by atoms with Crippen LogP contribution in [0, 0.1) is 5.82 Å². The normalized spacial score (nSPS) is 11.0. The van der Waals surface area contributed by atoms with Gasteiger partial charge >= 0.3 is 6.36 Å². The van der Waals surface area contributed by atoms with Crippen LogP contribution in [0.2, 0.25) is 5.02 Å². The van der Waals surface area contributed by atoms with Crippen molar-refractivity contribution >= 4 is 29.1 Å². The highest BCUT2D eigenvalue weighted by Crippen LogP contribution is 2.38. The van der Waals surface area contributed by atoms with Crippen molar-refractivity contribution in [2.45, 2.75) is 6.36 Å². The van der Waals surface area contributed by atoms with Crippen molar-refractivity contribution in [2.24, 2.45) is 5.73 Å². The topological polar surface area (TPSA) is 113 Å². The molecular formula is C21H14ClF4N3O5. The lowest BCUT2D eigenvalue weighted by Crippen LogP contribution is -2.17. The molecule has 0 atom stereocenters. The molecule has 0 bridgehead atoms. The zero-order valence-corrected chi connectivity index (χ0v) is 17.8. The van der Waals surface area contributed by atoms with Crippen molar-refractivity contribution in [2.75, 3.05) is 12.4 Å². The molecule has 0 fully saturated rings. The van der Waals surface area contributed by atoms with Gasteiger partial charge in [-0.1, -0.05) is 11.6 Å². The highest BCUT2D eigenvalue weighted by atomic mass is 35.5. The van der Waals surface area contributed by atoms with Gasteiger partial charge in [0.15, 0.2) is 11.5 Å². The summed E-state index contributed by atoms with van der Waals surface area (Å²) >= 11 is 5.89. The second kappa shape index (κ2) is 9.83. The number of alkyl halides is 3. The first-order chi connectivity index (χ1) is 16.0. The monoisotopic (exact) mass is 499 g/mol. The molecule has 178 valence electrons. The first-order valence-corrected chi connectivity index (χ1v) is 9.52. The summed E-state index contributed by atoms with van der Waals surface area (Å²) in [6.07, 6.45) is -3.73. The molecule has 1 heterocycles. The first kappa shape index (κ1) is 24.6. The van der Waals surface area contributed by atoms with Crippen LogP contribution >= 0.6 is 11.6 Å². The number of benzene rings is 2. The van der Waals surface area contributed by atoms with Crippen LogP contribution in [0.25, 0.3) is 0 Å². The summed E-state index contributed by atoms with van der Waals surface area (Å²) in [7, 11) is 1.16. The molecule has 0 spiro atoms. The van der Waals surface area contributed by atoms with E-state index in [0.29, 0.717) is 0 Å². The molecule has 0 aliphatic carbocycles. The number of methoxy groups -OCH3 is 1. The van der Waals surface area contributed by atoms with E-state index in [4.69, 9.17) is 26.8 Å². The van der Waals surface area contributed by atoms with Gasteiger partial charge in [0.25, 0.3) is 11.8 Å². The molecule has 0 unspecified atom stereocenters. The van der Waals surface area contributed by atoms with E-state index >= 15 is 0 Å². The molecule has 0 aliphatic heterocycles. The molecule has 0 saturated heterocycles. The van der Waals surface area contributed by atoms with E-state index in [0.717, 1.165) is 37.4 Å². The van der Waals surface area contributed by atoms with Gasteiger partial charge in [-0.3, -0.25) is 14.6 Å². The molecule has 13 heteroatoms. The Labute approximate surface area is 194 Å². The number of amides is 2. The molecule has 34 heavy (non-hydrogen) atoms. The Bertz CT molecular complexity index is 1250. The largest absolute Gasteiger partial charge is 0.573 e. The average Bonchev–Trinajstić information content (AvgIpc) is 2.73. The molecule has 0 radical (unpaired) electrons. The second-order valence-electron chi connectivity index (χ2n) is 6.47. The Morgan fingerprint density at radius 2 is 1.79 bits per heavy atom. The molecule has 2 aromatic carbocycles. The summed E-state index contributed by atoms with van der Waals surface area (Å²) in [4.78, 5) is 27.8. The summed E-state index contributed by atoms with van der Waals surface area (Å²) in [6, 6.07) is 7.41. The lowest BCUT2D eigenvalue weighted by molar-refractivity contribution is -0.274. The maximum atomic E-state index is 14.7. The summed E-state index contributed by atoms with van der Waals surface area (Å²) in [5.74, 6) is -4.20. The number of carbonyl (C=O) groups excluding carboxylic acids is 2. The Hall–Kier alpha value is -4.06. The van der Waals surface area contributed by atoms with E-state index in [9.17, 15) is 27.2 Å². The van der Waals surface area contributed by atoms with Crippen LogP contribution in [-0.2, 0) is 0 Å². The van der Waals surface area contributed by atoms with Gasteiger partial charge in [0.05, 0.1) is 7.11 Å². The smallest absolute Gasteiger partial charge is 0.493 e. The van der Waals surface area contributed by atoms with Crippen LogP contribution in [0.4, 0.5) is 23.2 Å². The Kier molecular flexibility index (Phi) is 7.11. The maximum Gasteiger partial charge on any atom is 0.573 e. The van der Waals surface area contributed by atoms with Gasteiger partial charge in [0, 0.05) is 29.0 Å². The maximum absolute atomic E-state index is 14.7. The lowest BCUT2D eigenvalue weighted by Gasteiger charge is -2.16. The van der Waals surface area contributed by atoms with Crippen LogP contribution in [-0.4, -0.2) is 30.3 Å². The molecule has 3 aromatic rings. The number of primary amides is 1. The standard InChI is InChI=1S/C21H14ClF4N3O5/c1-32-16-9-12(34-21(24,25)26)2-3-15(16)33-17-7-10(22)6-13(23)18(17)20(31)29-11-4-5-28-14(8-11)19(27)30/h2-9H,1H3,(H2,27,30)(H,28,29,31). The quantitative estimate of drug-likeness (QED) is 0.446. The van der Waals surface area contributed by atoms with Crippen molar-refractivity contribution in [3.8, 4) is 23.0 Å². The van der Waals surface area contributed by atoms with Gasteiger partial charge < -0.3 is 25.3 Å². The number of anilines is 1. The predicted octanol–water partition coefficient (Wildman–Crippen LogP) is 4.92. The molecule has 3 rings (SSSR count). The van der Waals surface area contributed by atoms with E-state index in [1.807, 2.05) is 0 Å². The number of hydrogen-bond donors (Lipinski definition) is 2. The number of hydrogen-bond acceptors (Lipinski definition) is 6. The Morgan fingerprint density at radius 3 is 2.44 bits per heavy atom. The zero-order chi connectivity index (χ0) is 25.0. The fourth-order valence-electron chi connectivity index (χ4n) is 2.74. The van der Waals surface area contributed by atoms with Crippen LogP contribution in [0.5, 0.6) is 23.0 Å². The first-order valence-electron chi connectivity index (χ1n) is 9.14. The average molecular weight is 500 g/mol. The highest BCUT2D eigenvalue weighted by Gasteiger charge is 2.31. The van der Waals surface area contributed by atoms with Crippen LogP contribution < -0.4 is 25.3 Å². The predicted molar refractivity (Wildman–Crippen MR) is 112 cm³/mol. The van der Waals surface area contributed by atoms with Gasteiger partial charge in [-0.05, 0) is 30.3 Å². The van der Waals surface area contributed by atoms with Crippen molar-refractivity contribution in [1.29, 1.82) is 0 Å². The lowest BCUT2D eigenvalue weighted by atomic mass is 10.1. The van der Waals surface area contributed by atoms with Crippen molar-refractivity contribution in [1.82, 2.24) is 4.98 Å². The third-order valence-corrected chi connectivity index (χ3v) is 4.32. The number of ether oxygens (including phenoxy) is 3. The van der Waals surface area contributed by atoms with Gasteiger partial charge in [-0.15, -0.1) is 13.2 Å². The highest BCUT2D eigenvalue weighted by molar-refractivity contribution is 6.31. The zero-order valence-electron chi connectivity index (χ0n) is 17.1. The van der Waals surface area contributed by atoms with Gasteiger partial charge in [0.2, 0.25) is 0 Å². The number of nitrogens with one attached hydrogen (secondary N) is 1. The van der Waals surface area contributed by atoms with E-state index in [1.165, 1.54) is 18.3 Å². The Morgan fingerprint density at radius 1 is 1.06 bits per heavy atom. The number of pyridine rings is 1. The summed E-state index contributed by atoms with van der Waals surface area (Å²) in [5.41, 5.74) is 4.51. The van der Waals surface area contributed by atoms with E-state index in [2.05, 4.69) is 15.0 Å². The number of aromatic nitrogens is 1. The minimum Gasteiger partial charge on any atom is -0.493 e. The van der Waals surface area contributed by atoms with Crippen LogP contribution in [0.15, 0.2) is 48.7 Å². The van der Waals surface area contributed by atoms with Crippen LogP contribution in [0.1, 0.15) is 20.8 Å². The summed E-state index contributed by atoms with van der Waals surface area (Å²) in [5, 5.41) is 2.25. The van der Waals surface area contributed by atoms with Gasteiger partial charge in [0.1, 0.15) is 28.6 Å². The minimum absolute atomic E-state index is 0.0836. The van der Waals surface area contributed by atoms with Crippen molar-refractivity contribution < 1.29 is 41.4 Å². The number of nitrogens with zero attached hydrogens (tertiary/aromatic N) is 1. The van der Waals surface area contributed by atoms with Crippen molar-refractivity contribution in [3.05, 3.63) is 70.8 Å². The Balaban J connectivity index is 1.95. The summed E-state index contributed by atoms with van der Waals surface area (Å²) < 4.78 is 66.6. The van der Waals surface area contributed by atoms with Gasteiger partial charge in [-0.2, -0.15) is 0 Å². The molecule has 3 N–H and O–H groups in total. The molecule has 2 amide bonds. The number of halogens is 5. The molecule has 1 aromatic heterocycles. The number of nitrogens with two attached hydrogens (primary N) is 1. The van der Waals surface area contributed by atoms with Crippen molar-refractivity contribution in [3.63, 3.8) is 0 Å². The fourth-order valence-corrected chi connectivity index (χ4v) is 2.93.